The van der Waals surface area contributed by atoms with E-state index in [1.54, 1.807) is 0 Å². The molecule has 0 aromatic heterocycles. The quantitative estimate of drug-likeness (QED) is 0.709. The van der Waals surface area contributed by atoms with E-state index in [0.29, 0.717) is 18.9 Å². The van der Waals surface area contributed by atoms with Crippen molar-refractivity contribution in [2.45, 2.75) is 13.0 Å². The predicted molar refractivity (Wildman–Crippen MR) is 78.1 cm³/mol. The van der Waals surface area contributed by atoms with Crippen molar-refractivity contribution in [3.63, 3.8) is 0 Å². The Hall–Kier alpha value is -1.86. The van der Waals surface area contributed by atoms with E-state index in [0.717, 1.165) is 19.6 Å². The van der Waals surface area contributed by atoms with Gasteiger partial charge in [0.05, 0.1) is 24.6 Å². The first-order valence-electron chi connectivity index (χ1n) is 6.87. The second-order valence-electron chi connectivity index (χ2n) is 5.15. The average Bonchev–Trinajstić information content (AvgIpc) is 2.43. The topological polar surface area (TPSA) is 87.8 Å². The third kappa shape index (κ3) is 3.83. The van der Waals surface area contributed by atoms with Crippen molar-refractivity contribution in [2.75, 3.05) is 43.9 Å². The van der Waals surface area contributed by atoms with Crippen molar-refractivity contribution in [1.29, 1.82) is 0 Å². The Balaban J connectivity index is 2.08. The zero-order valence-electron chi connectivity index (χ0n) is 11.9. The Bertz CT molecular complexity index is 518. The summed E-state index contributed by atoms with van der Waals surface area (Å²) in [5.74, 6) is -1.97. The normalized spacial score (nSPS) is 17.4. The van der Waals surface area contributed by atoms with E-state index in [-0.39, 0.29) is 17.3 Å². The molecule has 1 saturated heterocycles. The van der Waals surface area contributed by atoms with Gasteiger partial charge in [0.25, 0.3) is 0 Å². The maximum atomic E-state index is 13.4. The van der Waals surface area contributed by atoms with Gasteiger partial charge in [0, 0.05) is 25.7 Å². The number of rotatable bonds is 5. The summed E-state index contributed by atoms with van der Waals surface area (Å²) < 4.78 is 18.7. The molecule has 0 spiro atoms. The van der Waals surface area contributed by atoms with Gasteiger partial charge in [-0.15, -0.1) is 0 Å². The van der Waals surface area contributed by atoms with E-state index in [4.69, 9.17) is 10.5 Å². The minimum atomic E-state index is -1.24. The van der Waals surface area contributed by atoms with Crippen LogP contribution in [0.3, 0.4) is 0 Å². The zero-order valence-corrected chi connectivity index (χ0v) is 11.9. The third-order valence-corrected chi connectivity index (χ3v) is 3.44. The van der Waals surface area contributed by atoms with Crippen LogP contribution in [0, 0.1) is 5.82 Å². The molecule has 1 aliphatic heterocycles. The van der Waals surface area contributed by atoms with E-state index < -0.39 is 11.8 Å². The van der Waals surface area contributed by atoms with Crippen molar-refractivity contribution in [3.8, 4) is 0 Å². The van der Waals surface area contributed by atoms with Gasteiger partial charge in [-0.3, -0.25) is 4.90 Å². The number of carbonyl (C=O) groups is 1. The van der Waals surface area contributed by atoms with E-state index in [2.05, 4.69) is 10.2 Å². The standard InChI is InChI=1S/C14H20FN3O3/c1-9(8-18-4-6-21-7-5-18)17-11-3-2-10(15)13(16)12(11)14(19)20/h2-3,9,17H,4-8,16H2,1H3,(H,19,20). The molecule has 1 atom stereocenters. The molecule has 0 amide bonds. The summed E-state index contributed by atoms with van der Waals surface area (Å²) in [5, 5.41) is 12.3. The Kier molecular flexibility index (Phi) is 4.98. The molecule has 0 bridgehead atoms. The van der Waals surface area contributed by atoms with E-state index in [9.17, 15) is 14.3 Å². The summed E-state index contributed by atoms with van der Waals surface area (Å²) in [7, 11) is 0. The first-order valence-corrected chi connectivity index (χ1v) is 6.87. The average molecular weight is 297 g/mol. The Labute approximate surface area is 122 Å². The minimum absolute atomic E-state index is 0.00561. The lowest BCUT2D eigenvalue weighted by atomic mass is 10.1. The highest BCUT2D eigenvalue weighted by Crippen LogP contribution is 2.25. The first kappa shape index (κ1) is 15.5. The van der Waals surface area contributed by atoms with Gasteiger partial charge in [0.1, 0.15) is 11.4 Å². The summed E-state index contributed by atoms with van der Waals surface area (Å²) >= 11 is 0. The summed E-state index contributed by atoms with van der Waals surface area (Å²) in [6.07, 6.45) is 0. The second-order valence-corrected chi connectivity index (χ2v) is 5.15. The van der Waals surface area contributed by atoms with Crippen LogP contribution in [0.5, 0.6) is 0 Å². The number of morpholine rings is 1. The molecule has 1 aromatic rings. The van der Waals surface area contributed by atoms with Crippen LogP contribution >= 0.6 is 0 Å². The molecule has 0 saturated carbocycles. The highest BCUT2D eigenvalue weighted by Gasteiger charge is 2.20. The number of benzene rings is 1. The van der Waals surface area contributed by atoms with Crippen molar-refractivity contribution in [2.24, 2.45) is 0 Å². The molecule has 1 unspecified atom stereocenters. The number of halogens is 1. The van der Waals surface area contributed by atoms with Crippen molar-refractivity contribution >= 4 is 17.3 Å². The number of nitrogens with zero attached hydrogens (tertiary/aromatic N) is 1. The van der Waals surface area contributed by atoms with Gasteiger partial charge < -0.3 is 20.9 Å². The van der Waals surface area contributed by atoms with Crippen molar-refractivity contribution in [3.05, 3.63) is 23.5 Å². The first-order chi connectivity index (χ1) is 9.99. The number of anilines is 2. The molecule has 1 aliphatic rings. The van der Waals surface area contributed by atoms with Gasteiger partial charge >= 0.3 is 5.97 Å². The summed E-state index contributed by atoms with van der Waals surface area (Å²) in [4.78, 5) is 13.5. The number of nitrogens with two attached hydrogens (primary N) is 1. The lowest BCUT2D eigenvalue weighted by Crippen LogP contribution is -2.42. The van der Waals surface area contributed by atoms with Crippen molar-refractivity contribution < 1.29 is 19.0 Å². The van der Waals surface area contributed by atoms with Gasteiger partial charge in [-0.2, -0.15) is 0 Å². The van der Waals surface area contributed by atoms with Gasteiger partial charge in [-0.1, -0.05) is 0 Å². The molecule has 1 heterocycles. The SMILES string of the molecule is CC(CN1CCOCC1)Nc1ccc(F)c(N)c1C(=O)O. The van der Waals surface area contributed by atoms with E-state index >= 15 is 0 Å². The summed E-state index contributed by atoms with van der Waals surface area (Å²) in [6, 6.07) is 2.59. The predicted octanol–water partition coefficient (Wildman–Crippen LogP) is 1.24. The van der Waals surface area contributed by atoms with Crippen molar-refractivity contribution in [1.82, 2.24) is 4.90 Å². The lowest BCUT2D eigenvalue weighted by Gasteiger charge is -2.30. The van der Waals surface area contributed by atoms with Crippen LogP contribution in [0.1, 0.15) is 17.3 Å². The largest absolute Gasteiger partial charge is 0.478 e. The molecule has 1 fully saturated rings. The van der Waals surface area contributed by atoms with E-state index in [1.165, 1.54) is 12.1 Å². The molecule has 1 aromatic carbocycles. The summed E-state index contributed by atoms with van der Waals surface area (Å²) in [6.45, 7) is 5.81. The number of nitrogens with one attached hydrogen (secondary N) is 1. The number of ether oxygens (including phenoxy) is 1. The monoisotopic (exact) mass is 297 g/mol. The number of hydrogen-bond acceptors (Lipinski definition) is 5. The number of hydrogen-bond donors (Lipinski definition) is 3. The Morgan fingerprint density at radius 3 is 2.81 bits per heavy atom. The molecule has 6 nitrogen and oxygen atoms in total. The fraction of sp³-hybridized carbons (Fsp3) is 0.500. The lowest BCUT2D eigenvalue weighted by molar-refractivity contribution is 0.0368. The molecule has 0 aliphatic carbocycles. The molecule has 21 heavy (non-hydrogen) atoms. The van der Waals surface area contributed by atoms with Gasteiger partial charge in [-0.05, 0) is 19.1 Å². The number of carboxylic acid groups (broad SMARTS) is 1. The number of aromatic carboxylic acids is 1. The van der Waals surface area contributed by atoms with Crippen LogP contribution in [0.4, 0.5) is 15.8 Å². The smallest absolute Gasteiger partial charge is 0.340 e. The van der Waals surface area contributed by atoms with Crippen LogP contribution in [0.15, 0.2) is 12.1 Å². The minimum Gasteiger partial charge on any atom is -0.478 e. The van der Waals surface area contributed by atoms with Gasteiger partial charge in [0.2, 0.25) is 0 Å². The van der Waals surface area contributed by atoms with Gasteiger partial charge in [0.15, 0.2) is 0 Å². The van der Waals surface area contributed by atoms with Crippen LogP contribution in [-0.4, -0.2) is 54.9 Å². The number of nitrogen functional groups attached to an aromatic ring is 1. The van der Waals surface area contributed by atoms with Crippen LogP contribution in [0.25, 0.3) is 0 Å². The molecule has 7 heteroatoms. The van der Waals surface area contributed by atoms with Gasteiger partial charge in [-0.25, -0.2) is 9.18 Å². The number of carboxylic acids is 1. The van der Waals surface area contributed by atoms with Crippen LogP contribution in [0.2, 0.25) is 0 Å². The molecule has 2 rings (SSSR count). The molecular formula is C14H20FN3O3. The fourth-order valence-corrected chi connectivity index (χ4v) is 2.43. The van der Waals surface area contributed by atoms with Crippen LogP contribution < -0.4 is 11.1 Å². The molecule has 4 N–H and O–H groups in total. The summed E-state index contributed by atoms with van der Waals surface area (Å²) in [5.41, 5.74) is 5.30. The second kappa shape index (κ2) is 6.73. The molecular weight excluding hydrogens is 277 g/mol. The highest BCUT2D eigenvalue weighted by molar-refractivity contribution is 6.00. The third-order valence-electron chi connectivity index (χ3n) is 3.44. The Morgan fingerprint density at radius 2 is 2.19 bits per heavy atom. The molecule has 0 radical (unpaired) electrons. The Morgan fingerprint density at radius 1 is 1.52 bits per heavy atom. The zero-order chi connectivity index (χ0) is 15.4. The maximum Gasteiger partial charge on any atom is 0.340 e. The highest BCUT2D eigenvalue weighted by atomic mass is 19.1. The van der Waals surface area contributed by atoms with E-state index in [1.807, 2.05) is 6.92 Å². The molecule has 116 valence electrons. The maximum absolute atomic E-state index is 13.4. The fourth-order valence-electron chi connectivity index (χ4n) is 2.43. The van der Waals surface area contributed by atoms with Crippen LogP contribution in [-0.2, 0) is 4.74 Å².